The third-order valence-corrected chi connectivity index (χ3v) is 6.51. The molecule has 0 N–H and O–H groups in total. The molecule has 0 aliphatic heterocycles. The van der Waals surface area contributed by atoms with E-state index in [-0.39, 0.29) is 18.0 Å². The zero-order valence-electron chi connectivity index (χ0n) is 21.5. The lowest BCUT2D eigenvalue weighted by Crippen LogP contribution is -2.07. The lowest BCUT2D eigenvalue weighted by Gasteiger charge is -2.04. The predicted molar refractivity (Wildman–Crippen MR) is 137 cm³/mol. The lowest BCUT2D eigenvalue weighted by atomic mass is 10.0. The van der Waals surface area contributed by atoms with Gasteiger partial charge in [-0.3, -0.25) is 9.59 Å². The van der Waals surface area contributed by atoms with Crippen molar-refractivity contribution >= 4 is 11.6 Å². The Hall–Kier alpha value is -0.660. The van der Waals surface area contributed by atoms with E-state index in [4.69, 9.17) is 0 Å². The van der Waals surface area contributed by atoms with Gasteiger partial charge in [-0.15, -0.1) is 0 Å². The molecule has 0 saturated carbocycles. The highest BCUT2D eigenvalue weighted by Gasteiger charge is 2.09. The van der Waals surface area contributed by atoms with Crippen molar-refractivity contribution in [3.8, 4) is 0 Å². The van der Waals surface area contributed by atoms with Crippen molar-refractivity contribution < 1.29 is 9.59 Å². The molecule has 2 nitrogen and oxygen atoms in total. The molecular formula is C29H56O2. The van der Waals surface area contributed by atoms with E-state index in [0.717, 1.165) is 25.7 Å². The molecule has 31 heavy (non-hydrogen) atoms. The second-order valence-corrected chi connectivity index (χ2v) is 9.83. The van der Waals surface area contributed by atoms with Gasteiger partial charge in [0, 0.05) is 12.8 Å². The number of unbranched alkanes of at least 4 members (excludes halogenated alkanes) is 20. The SMILES string of the molecule is CCCCCCCCCCCCCCCC(=O)CC(=O)CCCCCCCCCCC. The van der Waals surface area contributed by atoms with Gasteiger partial charge in [0.2, 0.25) is 0 Å². The Balaban J connectivity index is 3.30. The summed E-state index contributed by atoms with van der Waals surface area (Å²) in [4.78, 5) is 24.0. The minimum atomic E-state index is 0.169. The highest BCUT2D eigenvalue weighted by Crippen LogP contribution is 2.14. The van der Waals surface area contributed by atoms with Crippen LogP contribution in [0.5, 0.6) is 0 Å². The molecule has 2 heteroatoms. The largest absolute Gasteiger partial charge is 0.299 e. The summed E-state index contributed by atoms with van der Waals surface area (Å²) in [6.45, 7) is 4.52. The molecule has 0 aromatic rings. The van der Waals surface area contributed by atoms with E-state index in [9.17, 15) is 9.59 Å². The number of ketones is 2. The van der Waals surface area contributed by atoms with Crippen LogP contribution in [0.2, 0.25) is 0 Å². The van der Waals surface area contributed by atoms with Gasteiger partial charge in [-0.2, -0.15) is 0 Å². The first-order chi connectivity index (χ1) is 15.2. The quantitative estimate of drug-likeness (QED) is 0.0998. The summed E-state index contributed by atoms with van der Waals surface area (Å²) in [5.74, 6) is 0.339. The van der Waals surface area contributed by atoms with Gasteiger partial charge in [0.25, 0.3) is 0 Å². The first-order valence-corrected chi connectivity index (χ1v) is 14.2. The molecule has 0 rings (SSSR count). The Morgan fingerprint density at radius 3 is 0.839 bits per heavy atom. The summed E-state index contributed by atoms with van der Waals surface area (Å²) in [5.41, 5.74) is 0. The van der Waals surface area contributed by atoms with Gasteiger partial charge in [0.1, 0.15) is 11.6 Å². The van der Waals surface area contributed by atoms with Crippen LogP contribution in [-0.2, 0) is 9.59 Å². The van der Waals surface area contributed by atoms with Gasteiger partial charge in [-0.25, -0.2) is 0 Å². The molecule has 0 aliphatic carbocycles. The van der Waals surface area contributed by atoms with Crippen LogP contribution in [-0.4, -0.2) is 11.6 Å². The van der Waals surface area contributed by atoms with Crippen molar-refractivity contribution in [1.29, 1.82) is 0 Å². The van der Waals surface area contributed by atoms with Crippen LogP contribution < -0.4 is 0 Å². The average molecular weight is 437 g/mol. The summed E-state index contributed by atoms with van der Waals surface area (Å²) in [6.07, 6.45) is 30.0. The van der Waals surface area contributed by atoms with Gasteiger partial charge in [-0.1, -0.05) is 142 Å². The standard InChI is InChI=1S/C29H56O2/c1-3-5-7-9-11-13-14-15-16-18-20-22-24-26-29(31)27-28(30)25-23-21-19-17-12-10-8-6-4-2/h3-27H2,1-2H3. The molecule has 0 radical (unpaired) electrons. The fourth-order valence-electron chi connectivity index (χ4n) is 4.37. The molecule has 0 fully saturated rings. The van der Waals surface area contributed by atoms with Crippen LogP contribution in [0.4, 0.5) is 0 Å². The first kappa shape index (κ1) is 30.3. The summed E-state index contributed by atoms with van der Waals surface area (Å²) < 4.78 is 0. The monoisotopic (exact) mass is 436 g/mol. The number of rotatable bonds is 26. The zero-order chi connectivity index (χ0) is 22.8. The minimum absolute atomic E-state index is 0.169. The molecule has 184 valence electrons. The van der Waals surface area contributed by atoms with E-state index in [1.54, 1.807) is 0 Å². The van der Waals surface area contributed by atoms with Crippen LogP contribution in [0.1, 0.15) is 174 Å². The van der Waals surface area contributed by atoms with Crippen molar-refractivity contribution in [2.75, 3.05) is 0 Å². The van der Waals surface area contributed by atoms with Gasteiger partial charge < -0.3 is 0 Å². The summed E-state index contributed by atoms with van der Waals surface area (Å²) >= 11 is 0. The van der Waals surface area contributed by atoms with Crippen molar-refractivity contribution in [3.05, 3.63) is 0 Å². The normalized spacial score (nSPS) is 11.2. The topological polar surface area (TPSA) is 34.1 Å². The summed E-state index contributed by atoms with van der Waals surface area (Å²) in [5, 5.41) is 0. The van der Waals surface area contributed by atoms with Crippen molar-refractivity contribution in [2.24, 2.45) is 0 Å². The number of hydrogen-bond donors (Lipinski definition) is 0. The second-order valence-electron chi connectivity index (χ2n) is 9.83. The lowest BCUT2D eigenvalue weighted by molar-refractivity contribution is -0.127. The van der Waals surface area contributed by atoms with Gasteiger partial charge in [0.05, 0.1) is 6.42 Å². The van der Waals surface area contributed by atoms with Gasteiger partial charge >= 0.3 is 0 Å². The van der Waals surface area contributed by atoms with E-state index < -0.39 is 0 Å². The maximum absolute atomic E-state index is 12.0. The van der Waals surface area contributed by atoms with Crippen LogP contribution in [0, 0.1) is 0 Å². The smallest absolute Gasteiger partial charge is 0.140 e. The number of carbonyl (C=O) groups is 2. The Kier molecular flexibility index (Phi) is 25.1. The van der Waals surface area contributed by atoms with Gasteiger partial charge in [-0.05, 0) is 12.8 Å². The maximum Gasteiger partial charge on any atom is 0.140 e. The van der Waals surface area contributed by atoms with Crippen LogP contribution >= 0.6 is 0 Å². The minimum Gasteiger partial charge on any atom is -0.299 e. The van der Waals surface area contributed by atoms with Crippen LogP contribution in [0.15, 0.2) is 0 Å². The summed E-state index contributed by atoms with van der Waals surface area (Å²) in [7, 11) is 0. The second kappa shape index (κ2) is 25.6. The van der Waals surface area contributed by atoms with Gasteiger partial charge in [0.15, 0.2) is 0 Å². The molecule has 0 amide bonds. The Labute approximate surface area is 195 Å². The van der Waals surface area contributed by atoms with Crippen molar-refractivity contribution in [1.82, 2.24) is 0 Å². The highest BCUT2D eigenvalue weighted by molar-refractivity contribution is 5.98. The molecule has 0 unspecified atom stereocenters. The first-order valence-electron chi connectivity index (χ1n) is 14.2. The predicted octanol–water partition coefficient (Wildman–Crippen LogP) is 9.92. The number of Topliss-reactive ketones (excluding diaryl/α,β-unsaturated/α-hetero) is 2. The zero-order valence-corrected chi connectivity index (χ0v) is 21.5. The van der Waals surface area contributed by atoms with E-state index in [1.165, 1.54) is 116 Å². The number of hydrogen-bond acceptors (Lipinski definition) is 2. The van der Waals surface area contributed by atoms with Crippen molar-refractivity contribution in [3.63, 3.8) is 0 Å². The van der Waals surface area contributed by atoms with E-state index >= 15 is 0 Å². The fourth-order valence-corrected chi connectivity index (χ4v) is 4.37. The molecule has 0 aromatic heterocycles. The third-order valence-electron chi connectivity index (χ3n) is 6.51. The van der Waals surface area contributed by atoms with E-state index in [2.05, 4.69) is 13.8 Å². The Morgan fingerprint density at radius 1 is 0.355 bits per heavy atom. The highest BCUT2D eigenvalue weighted by atomic mass is 16.1. The van der Waals surface area contributed by atoms with E-state index in [0.29, 0.717) is 12.8 Å². The molecule has 0 spiro atoms. The molecule has 0 aliphatic rings. The fraction of sp³-hybridized carbons (Fsp3) is 0.931. The molecule has 0 saturated heterocycles. The molecule has 0 heterocycles. The number of carbonyl (C=O) groups excluding carboxylic acids is 2. The Morgan fingerprint density at radius 2 is 0.581 bits per heavy atom. The average Bonchev–Trinajstić information content (AvgIpc) is 2.75. The van der Waals surface area contributed by atoms with Crippen LogP contribution in [0.25, 0.3) is 0 Å². The van der Waals surface area contributed by atoms with Crippen LogP contribution in [0.3, 0.4) is 0 Å². The summed E-state index contributed by atoms with van der Waals surface area (Å²) in [6, 6.07) is 0. The molecule has 0 atom stereocenters. The maximum atomic E-state index is 12.0. The van der Waals surface area contributed by atoms with Crippen molar-refractivity contribution in [2.45, 2.75) is 174 Å². The van der Waals surface area contributed by atoms with E-state index in [1.807, 2.05) is 0 Å². The Bertz CT molecular complexity index is 388. The molecule has 0 bridgehead atoms. The molecular weight excluding hydrogens is 380 g/mol. The molecule has 0 aromatic carbocycles. The third kappa shape index (κ3) is 25.5.